The minimum absolute atomic E-state index is 0.0553. The van der Waals surface area contributed by atoms with Crippen LogP contribution in [0.1, 0.15) is 12.0 Å². The van der Waals surface area contributed by atoms with Gasteiger partial charge in [0.1, 0.15) is 13.2 Å². The molecule has 2 aliphatic rings. The van der Waals surface area contributed by atoms with Crippen molar-refractivity contribution in [3.63, 3.8) is 0 Å². The summed E-state index contributed by atoms with van der Waals surface area (Å²) in [6, 6.07) is 5.59. The maximum atomic E-state index is 11.6. The Bertz CT molecular complexity index is 534. The lowest BCUT2D eigenvalue weighted by atomic mass is 10.1. The molecule has 2 atom stereocenters. The summed E-state index contributed by atoms with van der Waals surface area (Å²) in [5.74, 6) is 1.23. The molecule has 6 heteroatoms. The third-order valence-electron chi connectivity index (χ3n) is 4.02. The summed E-state index contributed by atoms with van der Waals surface area (Å²) in [6.07, 6.45) is 0.704. The first kappa shape index (κ1) is 14.2. The number of methoxy groups -OCH3 is 1. The van der Waals surface area contributed by atoms with Crippen LogP contribution in [0.5, 0.6) is 11.5 Å². The summed E-state index contributed by atoms with van der Waals surface area (Å²) >= 11 is 0. The van der Waals surface area contributed by atoms with E-state index in [1.54, 1.807) is 7.11 Å². The molecule has 114 valence electrons. The highest BCUT2D eigenvalue weighted by Crippen LogP contribution is 2.32. The highest BCUT2D eigenvalue weighted by atomic mass is 16.6. The van der Waals surface area contributed by atoms with Gasteiger partial charge in [-0.2, -0.15) is 0 Å². The number of hydrogen-bond donors (Lipinski definition) is 1. The zero-order valence-electron chi connectivity index (χ0n) is 12.1. The summed E-state index contributed by atoms with van der Waals surface area (Å²) in [5, 5.41) is 0. The third-order valence-corrected chi connectivity index (χ3v) is 4.02. The van der Waals surface area contributed by atoms with Gasteiger partial charge in [-0.05, 0) is 24.1 Å². The summed E-state index contributed by atoms with van der Waals surface area (Å²) in [5.41, 5.74) is 6.56. The zero-order chi connectivity index (χ0) is 14.8. The first-order chi connectivity index (χ1) is 10.2. The van der Waals surface area contributed by atoms with Gasteiger partial charge in [0.05, 0.1) is 12.1 Å². The van der Waals surface area contributed by atoms with Crippen LogP contribution in [0.4, 0.5) is 0 Å². The third kappa shape index (κ3) is 2.96. The van der Waals surface area contributed by atoms with E-state index in [-0.39, 0.29) is 18.1 Å². The number of likely N-dealkylation sites (tertiary alicyclic amines) is 1. The van der Waals surface area contributed by atoms with Gasteiger partial charge >= 0.3 is 0 Å². The standard InChI is InChI=1S/C15H20N2O4/c1-19-11-7-12(15(16)18)17(9-11)8-10-2-3-13-14(6-10)21-5-4-20-13/h2-3,6,11-12H,4-5,7-9H2,1H3,(H2,16,18)/t11-,12-/m0/s1. The van der Waals surface area contributed by atoms with Crippen LogP contribution < -0.4 is 15.2 Å². The Balaban J connectivity index is 1.74. The number of hydrogen-bond acceptors (Lipinski definition) is 5. The molecule has 1 saturated heterocycles. The number of nitrogens with zero attached hydrogens (tertiary/aromatic N) is 1. The Morgan fingerprint density at radius 1 is 1.38 bits per heavy atom. The van der Waals surface area contributed by atoms with Crippen molar-refractivity contribution in [3.8, 4) is 11.5 Å². The van der Waals surface area contributed by atoms with E-state index < -0.39 is 0 Å². The molecule has 1 aromatic rings. The molecule has 0 radical (unpaired) electrons. The quantitative estimate of drug-likeness (QED) is 0.876. The van der Waals surface area contributed by atoms with E-state index in [4.69, 9.17) is 19.9 Å². The molecular weight excluding hydrogens is 272 g/mol. The first-order valence-electron chi connectivity index (χ1n) is 7.12. The van der Waals surface area contributed by atoms with Gasteiger partial charge in [0.25, 0.3) is 0 Å². The normalized spacial score (nSPS) is 25.0. The second-order valence-electron chi connectivity index (χ2n) is 5.42. The van der Waals surface area contributed by atoms with Crippen molar-refractivity contribution < 1.29 is 19.0 Å². The van der Waals surface area contributed by atoms with Crippen molar-refractivity contribution in [3.05, 3.63) is 23.8 Å². The van der Waals surface area contributed by atoms with Crippen molar-refractivity contribution in [2.24, 2.45) is 5.73 Å². The van der Waals surface area contributed by atoms with Gasteiger partial charge in [0, 0.05) is 20.2 Å². The molecule has 0 aromatic heterocycles. The molecule has 2 heterocycles. The van der Waals surface area contributed by atoms with Crippen molar-refractivity contribution in [2.75, 3.05) is 26.9 Å². The molecule has 0 aliphatic carbocycles. The minimum atomic E-state index is -0.299. The van der Waals surface area contributed by atoms with E-state index in [0.29, 0.717) is 32.7 Å². The average Bonchev–Trinajstić information content (AvgIpc) is 2.90. The molecule has 1 fully saturated rings. The van der Waals surface area contributed by atoms with Crippen LogP contribution in [0.15, 0.2) is 18.2 Å². The second kappa shape index (κ2) is 5.91. The first-order valence-corrected chi connectivity index (χ1v) is 7.12. The van der Waals surface area contributed by atoms with Gasteiger partial charge < -0.3 is 19.9 Å². The zero-order valence-corrected chi connectivity index (χ0v) is 12.1. The van der Waals surface area contributed by atoms with E-state index in [1.807, 2.05) is 18.2 Å². The molecule has 2 aliphatic heterocycles. The molecule has 21 heavy (non-hydrogen) atoms. The monoisotopic (exact) mass is 292 g/mol. The topological polar surface area (TPSA) is 74.0 Å². The van der Waals surface area contributed by atoms with E-state index in [2.05, 4.69) is 4.90 Å². The number of amides is 1. The molecule has 6 nitrogen and oxygen atoms in total. The van der Waals surface area contributed by atoms with Crippen molar-refractivity contribution in [2.45, 2.75) is 25.1 Å². The molecule has 0 saturated carbocycles. The van der Waals surface area contributed by atoms with E-state index >= 15 is 0 Å². The number of ether oxygens (including phenoxy) is 3. The van der Waals surface area contributed by atoms with Crippen LogP contribution >= 0.6 is 0 Å². The molecular formula is C15H20N2O4. The van der Waals surface area contributed by atoms with Gasteiger partial charge in [-0.3, -0.25) is 9.69 Å². The maximum Gasteiger partial charge on any atom is 0.234 e. The summed E-state index contributed by atoms with van der Waals surface area (Å²) in [6.45, 7) is 2.50. The van der Waals surface area contributed by atoms with Gasteiger partial charge in [0.2, 0.25) is 5.91 Å². The summed E-state index contributed by atoms with van der Waals surface area (Å²) < 4.78 is 16.5. The molecule has 0 unspecified atom stereocenters. The van der Waals surface area contributed by atoms with E-state index in [9.17, 15) is 4.79 Å². The van der Waals surface area contributed by atoms with Gasteiger partial charge in [-0.25, -0.2) is 0 Å². The number of fused-ring (bicyclic) bond motifs is 1. The van der Waals surface area contributed by atoms with Crippen molar-refractivity contribution in [1.29, 1.82) is 0 Å². The lowest BCUT2D eigenvalue weighted by molar-refractivity contribution is -0.122. The number of nitrogens with two attached hydrogens (primary N) is 1. The Hall–Kier alpha value is -1.79. The van der Waals surface area contributed by atoms with Crippen LogP contribution in [0.3, 0.4) is 0 Å². The smallest absolute Gasteiger partial charge is 0.234 e. The predicted molar refractivity (Wildman–Crippen MR) is 76.2 cm³/mol. The Morgan fingerprint density at radius 3 is 2.86 bits per heavy atom. The number of benzene rings is 1. The van der Waals surface area contributed by atoms with Crippen LogP contribution in [0.2, 0.25) is 0 Å². The lowest BCUT2D eigenvalue weighted by Gasteiger charge is -2.23. The molecule has 0 spiro atoms. The molecule has 0 bridgehead atoms. The van der Waals surface area contributed by atoms with Crippen LogP contribution in [0.25, 0.3) is 0 Å². The highest BCUT2D eigenvalue weighted by molar-refractivity contribution is 5.80. The Kier molecular flexibility index (Phi) is 3.98. The fourth-order valence-electron chi connectivity index (χ4n) is 2.92. The SMILES string of the molecule is CO[C@H]1C[C@@H](C(N)=O)N(Cc2ccc3c(c2)OCCO3)C1. The molecule has 1 aromatic carbocycles. The maximum absolute atomic E-state index is 11.6. The second-order valence-corrected chi connectivity index (χ2v) is 5.42. The van der Waals surface area contributed by atoms with Crippen molar-refractivity contribution in [1.82, 2.24) is 4.90 Å². The van der Waals surface area contributed by atoms with Crippen LogP contribution in [-0.2, 0) is 16.1 Å². The number of carbonyl (C=O) groups is 1. The molecule has 3 rings (SSSR count). The van der Waals surface area contributed by atoms with Gasteiger partial charge in [0.15, 0.2) is 11.5 Å². The number of primary amides is 1. The average molecular weight is 292 g/mol. The van der Waals surface area contributed by atoms with E-state index in [0.717, 1.165) is 17.1 Å². The lowest BCUT2D eigenvalue weighted by Crippen LogP contribution is -2.39. The summed E-state index contributed by atoms with van der Waals surface area (Å²) in [4.78, 5) is 13.6. The number of carbonyl (C=O) groups excluding carboxylic acids is 1. The molecule has 1 amide bonds. The fourth-order valence-corrected chi connectivity index (χ4v) is 2.92. The fraction of sp³-hybridized carbons (Fsp3) is 0.533. The Morgan fingerprint density at radius 2 is 2.14 bits per heavy atom. The largest absolute Gasteiger partial charge is 0.486 e. The van der Waals surface area contributed by atoms with E-state index in [1.165, 1.54) is 0 Å². The van der Waals surface area contributed by atoms with Gasteiger partial charge in [-0.15, -0.1) is 0 Å². The van der Waals surface area contributed by atoms with Crippen molar-refractivity contribution >= 4 is 5.91 Å². The van der Waals surface area contributed by atoms with Crippen LogP contribution in [0, 0.1) is 0 Å². The highest BCUT2D eigenvalue weighted by Gasteiger charge is 2.35. The predicted octanol–water partition coefficient (Wildman–Crippen LogP) is 0.532. The van der Waals surface area contributed by atoms with Gasteiger partial charge in [-0.1, -0.05) is 6.07 Å². The number of rotatable bonds is 4. The summed E-state index contributed by atoms with van der Waals surface area (Å²) in [7, 11) is 1.66. The molecule has 2 N–H and O–H groups in total. The minimum Gasteiger partial charge on any atom is -0.486 e. The van der Waals surface area contributed by atoms with Crippen LogP contribution in [-0.4, -0.2) is 49.8 Å². The Labute approximate surface area is 123 Å².